The molecule has 0 radical (unpaired) electrons. The van der Waals surface area contributed by atoms with E-state index in [1.807, 2.05) is 48.6 Å². The highest BCUT2D eigenvalue weighted by Gasteiger charge is 2.63. The largest absolute Gasteiger partial charge is 0.493 e. The molecule has 5 aliphatic rings. The number of ether oxygens (including phenoxy) is 3. The number of carbonyl (C=O) groups excluding carboxylic acids is 4. The molecule has 1 saturated heterocycles. The summed E-state index contributed by atoms with van der Waals surface area (Å²) in [6, 6.07) is 11.3. The predicted molar refractivity (Wildman–Crippen MR) is 246 cm³/mol. The minimum atomic E-state index is -4.03. The van der Waals surface area contributed by atoms with E-state index in [-0.39, 0.29) is 42.4 Å². The maximum Gasteiger partial charge on any atom is 0.408 e. The van der Waals surface area contributed by atoms with Crippen molar-refractivity contribution in [1.29, 1.82) is 0 Å². The summed E-state index contributed by atoms with van der Waals surface area (Å²) in [6.07, 6.45) is 9.59. The first-order valence-corrected chi connectivity index (χ1v) is 24.8. The van der Waals surface area contributed by atoms with Gasteiger partial charge in [-0.25, -0.2) is 18.2 Å². The molecular formula is C49H60N6O10S. The van der Waals surface area contributed by atoms with Gasteiger partial charge < -0.3 is 34.2 Å². The molecule has 4 fully saturated rings. The quantitative estimate of drug-likeness (QED) is 0.143. The average molecular weight is 925 g/mol. The molecular weight excluding hydrogens is 865 g/mol. The first-order chi connectivity index (χ1) is 31.5. The van der Waals surface area contributed by atoms with Gasteiger partial charge in [-0.2, -0.15) is 4.98 Å². The third-order valence-corrected chi connectivity index (χ3v) is 16.3. The number of rotatable bonds is 9. The Kier molecular flexibility index (Phi) is 12.1. The fourth-order valence-electron chi connectivity index (χ4n) is 9.54. The minimum Gasteiger partial charge on any atom is -0.493 e. The molecule has 2 aromatic heterocycles. The number of allylic oxidation sites excluding steroid dienone is 1. The molecule has 4 amide bonds. The number of aromatic nitrogens is 2. The van der Waals surface area contributed by atoms with Crippen molar-refractivity contribution in [2.45, 2.75) is 151 Å². The van der Waals surface area contributed by atoms with E-state index >= 15 is 0 Å². The first kappa shape index (κ1) is 45.4. The van der Waals surface area contributed by atoms with Crippen LogP contribution in [0.4, 0.5) is 4.79 Å². The van der Waals surface area contributed by atoms with Crippen LogP contribution in [0.5, 0.6) is 11.6 Å². The lowest BCUT2D eigenvalue weighted by atomic mass is 9.87. The van der Waals surface area contributed by atoms with Crippen LogP contribution in [0.2, 0.25) is 0 Å². The van der Waals surface area contributed by atoms with Crippen molar-refractivity contribution in [1.82, 2.24) is 30.2 Å². The lowest BCUT2D eigenvalue weighted by Crippen LogP contribution is -2.58. The number of methoxy groups -OCH3 is 1. The molecule has 3 saturated carbocycles. The number of fused-ring (bicyclic) bond motifs is 5. The third-order valence-electron chi connectivity index (χ3n) is 14.1. The van der Waals surface area contributed by atoms with Gasteiger partial charge in [-0.15, -0.1) is 0 Å². The van der Waals surface area contributed by atoms with Crippen molar-refractivity contribution in [3.8, 4) is 23.0 Å². The van der Waals surface area contributed by atoms with Crippen LogP contribution in [0.25, 0.3) is 33.5 Å². The van der Waals surface area contributed by atoms with E-state index in [1.54, 1.807) is 20.1 Å². The monoisotopic (exact) mass is 924 g/mol. The molecule has 3 aliphatic carbocycles. The number of hydrogen-bond acceptors (Lipinski definition) is 12. The Bertz CT molecular complexity index is 2680. The van der Waals surface area contributed by atoms with Crippen LogP contribution in [0.3, 0.4) is 0 Å². The van der Waals surface area contributed by atoms with E-state index < -0.39 is 68.2 Å². The van der Waals surface area contributed by atoms with E-state index in [2.05, 4.69) is 36.1 Å². The van der Waals surface area contributed by atoms with Gasteiger partial charge >= 0.3 is 6.09 Å². The van der Waals surface area contributed by atoms with Gasteiger partial charge in [0.05, 0.1) is 23.8 Å². The lowest BCUT2D eigenvalue weighted by molar-refractivity contribution is -0.141. The van der Waals surface area contributed by atoms with Crippen molar-refractivity contribution in [3.63, 3.8) is 0 Å². The SMILES string of the molecule is COc1cccc2c1oc1c(O[C@@H]3C[C@H]4C(=O)N[C@]5(C(=O)NS(=O)(=O)C6(C)CC6)C[C@@H]5/C=C\CCCCC[C@H](NC(=O)OC5CCCC5)C(=O)N4C3)nc(-c3ccc(C(C)(C)C)cc3)nc12. The number of hydrogen-bond donors (Lipinski definition) is 3. The molecule has 4 aromatic rings. The van der Waals surface area contributed by atoms with Crippen molar-refractivity contribution >= 4 is 55.9 Å². The van der Waals surface area contributed by atoms with Crippen LogP contribution in [0.15, 0.2) is 59.0 Å². The number of nitrogens with zero attached hydrogens (tertiary/aromatic N) is 3. The van der Waals surface area contributed by atoms with E-state index in [4.69, 9.17) is 28.6 Å². The van der Waals surface area contributed by atoms with Gasteiger partial charge in [0.2, 0.25) is 27.4 Å². The summed E-state index contributed by atoms with van der Waals surface area (Å²) < 4.78 is 52.5. The van der Waals surface area contributed by atoms with E-state index in [0.717, 1.165) is 49.7 Å². The molecule has 17 heteroatoms. The Morgan fingerprint density at radius 3 is 2.39 bits per heavy atom. The van der Waals surface area contributed by atoms with Gasteiger partial charge in [0.25, 0.3) is 11.8 Å². The van der Waals surface area contributed by atoms with Crippen LogP contribution >= 0.6 is 0 Å². The summed E-state index contributed by atoms with van der Waals surface area (Å²) in [4.78, 5) is 68.5. The second-order valence-corrected chi connectivity index (χ2v) is 22.2. The number of benzene rings is 2. The highest BCUT2D eigenvalue weighted by molar-refractivity contribution is 7.91. The number of sulfonamides is 1. The molecule has 66 heavy (non-hydrogen) atoms. The van der Waals surface area contributed by atoms with Crippen LogP contribution in [0.1, 0.15) is 117 Å². The molecule has 5 atom stereocenters. The second-order valence-electron chi connectivity index (χ2n) is 20.0. The molecule has 9 rings (SSSR count). The van der Waals surface area contributed by atoms with Crippen molar-refractivity contribution in [3.05, 3.63) is 60.2 Å². The van der Waals surface area contributed by atoms with Crippen molar-refractivity contribution < 1.29 is 46.2 Å². The van der Waals surface area contributed by atoms with E-state index in [1.165, 1.54) is 4.90 Å². The molecule has 0 bridgehead atoms. The Morgan fingerprint density at radius 2 is 1.68 bits per heavy atom. The topological polar surface area (TPSA) is 208 Å². The maximum atomic E-state index is 14.9. The Labute approximate surface area is 385 Å². The van der Waals surface area contributed by atoms with Crippen molar-refractivity contribution in [2.75, 3.05) is 13.7 Å². The van der Waals surface area contributed by atoms with Gasteiger partial charge in [0.15, 0.2) is 17.2 Å². The fourth-order valence-corrected chi connectivity index (χ4v) is 10.9. The minimum absolute atomic E-state index is 0.0317. The summed E-state index contributed by atoms with van der Waals surface area (Å²) in [6.45, 7) is 7.91. The zero-order valence-corrected chi connectivity index (χ0v) is 39.1. The number of carbonyl (C=O) groups is 4. The zero-order chi connectivity index (χ0) is 46.6. The number of para-hydroxylation sites is 1. The van der Waals surface area contributed by atoms with Crippen LogP contribution in [0, 0.1) is 5.92 Å². The van der Waals surface area contributed by atoms with E-state index in [0.29, 0.717) is 60.2 Å². The summed E-state index contributed by atoms with van der Waals surface area (Å²) in [5.74, 6) is -1.50. The highest BCUT2D eigenvalue weighted by atomic mass is 32.2. The smallest absolute Gasteiger partial charge is 0.408 e. The lowest BCUT2D eigenvalue weighted by Gasteiger charge is -2.30. The molecule has 0 spiro atoms. The van der Waals surface area contributed by atoms with Gasteiger partial charge in [-0.05, 0) is 94.2 Å². The molecule has 4 heterocycles. The third kappa shape index (κ3) is 8.94. The normalized spacial score (nSPS) is 26.3. The average Bonchev–Trinajstić information content (AvgIpc) is 3.94. The number of amides is 4. The van der Waals surface area contributed by atoms with Gasteiger partial charge in [0, 0.05) is 17.9 Å². The maximum absolute atomic E-state index is 14.9. The zero-order valence-electron chi connectivity index (χ0n) is 38.3. The molecule has 2 aromatic carbocycles. The molecule has 16 nitrogen and oxygen atoms in total. The molecule has 0 unspecified atom stereocenters. The standard InChI is InChI=1S/C49H60N6O10S/c1-47(2,3)30-22-20-29(21-23-30)41-51-38-34-17-13-19-37(62-5)39(34)65-40(38)43(52-41)63-33-26-36-42(56)53-49(45(58)54-66(60,61)48(4)24-25-48)27-31(49)14-9-7-6-8-10-18-35(44(57)55(36)28-33)50-46(59)64-32-15-11-12-16-32/h9,13-14,17,19-23,31-33,35-36H,6-8,10-12,15-16,18,24-28H2,1-5H3,(H,50,59)(H,53,56)(H,54,58)/b14-9-/t31-,33+,35-,36-,49+/m0/s1. The van der Waals surface area contributed by atoms with E-state index in [9.17, 15) is 27.6 Å². The number of alkyl carbamates (subject to hydrolysis) is 1. The fraction of sp³-hybridized carbons (Fsp3) is 0.551. The Morgan fingerprint density at radius 1 is 0.939 bits per heavy atom. The summed E-state index contributed by atoms with van der Waals surface area (Å²) in [7, 11) is -2.49. The van der Waals surface area contributed by atoms with Crippen LogP contribution in [-0.4, -0.2) is 95.3 Å². The van der Waals surface area contributed by atoms with Gasteiger partial charge in [0.1, 0.15) is 35.3 Å². The number of furan rings is 1. The summed E-state index contributed by atoms with van der Waals surface area (Å²) in [5, 5.41) is 6.44. The second kappa shape index (κ2) is 17.5. The van der Waals surface area contributed by atoms with Crippen LogP contribution < -0.4 is 24.8 Å². The first-order valence-electron chi connectivity index (χ1n) is 23.4. The Hall–Kier alpha value is -5.71. The summed E-state index contributed by atoms with van der Waals surface area (Å²) in [5.41, 5.74) is 1.37. The summed E-state index contributed by atoms with van der Waals surface area (Å²) >= 11 is 0. The predicted octanol–water partition coefficient (Wildman–Crippen LogP) is 7.13. The molecule has 2 aliphatic heterocycles. The number of nitrogens with one attached hydrogen (secondary N) is 3. The molecule has 352 valence electrons. The Balaban J connectivity index is 1.07. The van der Waals surface area contributed by atoms with Crippen LogP contribution in [-0.2, 0) is 34.6 Å². The molecule has 3 N–H and O–H groups in total. The van der Waals surface area contributed by atoms with Crippen molar-refractivity contribution in [2.24, 2.45) is 5.92 Å². The van der Waals surface area contributed by atoms with Gasteiger partial charge in [-0.1, -0.05) is 76.1 Å². The van der Waals surface area contributed by atoms with Gasteiger partial charge in [-0.3, -0.25) is 19.1 Å². The highest BCUT2D eigenvalue weighted by Crippen LogP contribution is 2.48.